The second-order valence-electron chi connectivity index (χ2n) is 7.28. The normalized spacial score (nSPS) is 14.9. The van der Waals surface area contributed by atoms with Crippen molar-refractivity contribution < 1.29 is 14.3 Å². The van der Waals surface area contributed by atoms with Gasteiger partial charge in [0.15, 0.2) is 0 Å². The second kappa shape index (κ2) is 11.1. The molecule has 0 aliphatic carbocycles. The van der Waals surface area contributed by atoms with Gasteiger partial charge in [0.05, 0.1) is 12.0 Å². The van der Waals surface area contributed by atoms with Crippen LogP contribution >= 0.6 is 24.0 Å². The first-order chi connectivity index (χ1) is 15.0. The average Bonchev–Trinajstić information content (AvgIpc) is 3.03. The average molecular weight is 455 g/mol. The van der Waals surface area contributed by atoms with Crippen LogP contribution in [0.25, 0.3) is 6.08 Å². The fraction of sp³-hybridized carbons (Fsp3) is 0.292. The van der Waals surface area contributed by atoms with Crippen molar-refractivity contribution in [2.75, 3.05) is 19.0 Å². The van der Waals surface area contributed by atoms with E-state index in [0.717, 1.165) is 41.8 Å². The van der Waals surface area contributed by atoms with Crippen molar-refractivity contribution in [1.29, 1.82) is 0 Å². The maximum atomic E-state index is 12.7. The van der Waals surface area contributed by atoms with E-state index in [0.29, 0.717) is 22.2 Å². The van der Waals surface area contributed by atoms with Gasteiger partial charge in [-0.05, 0) is 61.2 Å². The number of ether oxygens (including phenoxy) is 1. The van der Waals surface area contributed by atoms with E-state index in [1.807, 2.05) is 61.5 Å². The summed E-state index contributed by atoms with van der Waals surface area (Å²) in [5.74, 6) is 0.704. The zero-order chi connectivity index (χ0) is 22.2. The number of amides is 2. The number of anilines is 1. The van der Waals surface area contributed by atoms with Crippen molar-refractivity contribution in [2.24, 2.45) is 0 Å². The van der Waals surface area contributed by atoms with Crippen LogP contribution in [0.5, 0.6) is 5.75 Å². The Morgan fingerprint density at radius 3 is 2.58 bits per heavy atom. The third kappa shape index (κ3) is 6.42. The third-order valence-electron chi connectivity index (χ3n) is 5.01. The SMILES string of the molecule is COc1ccc(NC(=O)CCCCCN2C(=O)/C(=C/c3ccccc3C)SC2=S)cc1. The van der Waals surface area contributed by atoms with Crippen molar-refractivity contribution >= 4 is 51.9 Å². The summed E-state index contributed by atoms with van der Waals surface area (Å²) in [4.78, 5) is 27.2. The lowest BCUT2D eigenvalue weighted by atomic mass is 10.1. The first kappa shape index (κ1) is 23.0. The molecule has 0 spiro atoms. The summed E-state index contributed by atoms with van der Waals surface area (Å²) in [7, 11) is 1.61. The molecule has 1 fully saturated rings. The predicted octanol–water partition coefficient (Wildman–Crippen LogP) is 5.40. The lowest BCUT2D eigenvalue weighted by Crippen LogP contribution is -2.29. The van der Waals surface area contributed by atoms with Crippen molar-refractivity contribution in [3.05, 3.63) is 64.6 Å². The Hall–Kier alpha value is -2.64. The zero-order valence-corrected chi connectivity index (χ0v) is 19.4. The van der Waals surface area contributed by atoms with Gasteiger partial charge in [0.1, 0.15) is 10.1 Å². The highest BCUT2D eigenvalue weighted by molar-refractivity contribution is 8.26. The van der Waals surface area contributed by atoms with Gasteiger partial charge in [0, 0.05) is 18.7 Å². The minimum Gasteiger partial charge on any atom is -0.497 e. The van der Waals surface area contributed by atoms with Crippen molar-refractivity contribution in [1.82, 2.24) is 4.90 Å². The molecule has 1 saturated heterocycles. The maximum absolute atomic E-state index is 12.7. The lowest BCUT2D eigenvalue weighted by molar-refractivity contribution is -0.122. The van der Waals surface area contributed by atoms with Crippen LogP contribution in [0.4, 0.5) is 5.69 Å². The summed E-state index contributed by atoms with van der Waals surface area (Å²) >= 11 is 6.76. The summed E-state index contributed by atoms with van der Waals surface area (Å²) in [5.41, 5.74) is 2.91. The number of rotatable bonds is 9. The molecule has 0 atom stereocenters. The molecule has 1 aliphatic rings. The Balaban J connectivity index is 1.41. The van der Waals surface area contributed by atoms with Crippen LogP contribution in [0, 0.1) is 6.92 Å². The quantitative estimate of drug-likeness (QED) is 0.312. The topological polar surface area (TPSA) is 58.6 Å². The third-order valence-corrected chi connectivity index (χ3v) is 6.39. The number of carbonyl (C=O) groups is 2. The van der Waals surface area contributed by atoms with Crippen LogP contribution in [0.1, 0.15) is 36.8 Å². The van der Waals surface area contributed by atoms with Gasteiger partial charge in [-0.2, -0.15) is 0 Å². The van der Waals surface area contributed by atoms with E-state index in [2.05, 4.69) is 5.32 Å². The fourth-order valence-corrected chi connectivity index (χ4v) is 4.51. The molecule has 0 aromatic heterocycles. The molecule has 5 nitrogen and oxygen atoms in total. The number of benzene rings is 2. The highest BCUT2D eigenvalue weighted by Crippen LogP contribution is 2.33. The zero-order valence-electron chi connectivity index (χ0n) is 17.7. The number of thioether (sulfide) groups is 1. The number of carbonyl (C=O) groups excluding carboxylic acids is 2. The first-order valence-corrected chi connectivity index (χ1v) is 11.5. The van der Waals surface area contributed by atoms with Crippen LogP contribution < -0.4 is 10.1 Å². The van der Waals surface area contributed by atoms with Gasteiger partial charge in [-0.15, -0.1) is 0 Å². The van der Waals surface area contributed by atoms with Crippen molar-refractivity contribution in [3.63, 3.8) is 0 Å². The Bertz CT molecular complexity index is 987. The molecule has 1 N–H and O–H groups in total. The van der Waals surface area contributed by atoms with Crippen LogP contribution in [0.2, 0.25) is 0 Å². The lowest BCUT2D eigenvalue weighted by Gasteiger charge is -2.14. The summed E-state index contributed by atoms with van der Waals surface area (Å²) in [6.45, 7) is 2.60. The number of hydrogen-bond acceptors (Lipinski definition) is 5. The molecule has 31 heavy (non-hydrogen) atoms. The molecule has 0 radical (unpaired) electrons. The van der Waals surface area contributed by atoms with E-state index >= 15 is 0 Å². The smallest absolute Gasteiger partial charge is 0.266 e. The van der Waals surface area contributed by atoms with Crippen LogP contribution in [-0.2, 0) is 9.59 Å². The van der Waals surface area contributed by atoms with Gasteiger partial charge < -0.3 is 10.1 Å². The first-order valence-electron chi connectivity index (χ1n) is 10.2. The summed E-state index contributed by atoms with van der Waals surface area (Å²) in [6, 6.07) is 15.2. The molecular formula is C24H26N2O3S2. The summed E-state index contributed by atoms with van der Waals surface area (Å²) in [6.07, 6.45) is 4.77. The monoisotopic (exact) mass is 454 g/mol. The Morgan fingerprint density at radius 2 is 1.87 bits per heavy atom. The van der Waals surface area contributed by atoms with Crippen LogP contribution in [0.3, 0.4) is 0 Å². The summed E-state index contributed by atoms with van der Waals surface area (Å²) in [5, 5.41) is 2.88. The van der Waals surface area contributed by atoms with E-state index in [1.165, 1.54) is 11.8 Å². The highest BCUT2D eigenvalue weighted by Gasteiger charge is 2.31. The van der Waals surface area contributed by atoms with Crippen LogP contribution in [0.15, 0.2) is 53.4 Å². The molecule has 7 heteroatoms. The molecule has 162 valence electrons. The fourth-order valence-electron chi connectivity index (χ4n) is 3.21. The largest absolute Gasteiger partial charge is 0.497 e. The highest BCUT2D eigenvalue weighted by atomic mass is 32.2. The summed E-state index contributed by atoms with van der Waals surface area (Å²) < 4.78 is 5.71. The number of hydrogen-bond donors (Lipinski definition) is 1. The molecule has 0 unspecified atom stereocenters. The molecule has 2 aromatic carbocycles. The second-order valence-corrected chi connectivity index (χ2v) is 8.95. The Labute approximate surface area is 192 Å². The van der Waals surface area contributed by atoms with Gasteiger partial charge in [0.2, 0.25) is 5.91 Å². The van der Waals surface area contributed by atoms with Gasteiger partial charge >= 0.3 is 0 Å². The number of nitrogens with zero attached hydrogens (tertiary/aromatic N) is 1. The maximum Gasteiger partial charge on any atom is 0.266 e. The molecule has 1 heterocycles. The number of nitrogens with one attached hydrogen (secondary N) is 1. The number of aryl methyl sites for hydroxylation is 1. The minimum atomic E-state index is -0.0319. The number of thiocarbonyl (C=S) groups is 1. The minimum absolute atomic E-state index is 0.0167. The van der Waals surface area contributed by atoms with Crippen molar-refractivity contribution in [3.8, 4) is 5.75 Å². The van der Waals surface area contributed by atoms with E-state index in [9.17, 15) is 9.59 Å². The number of unbranched alkanes of at least 4 members (excludes halogenated alkanes) is 2. The molecule has 0 bridgehead atoms. The van der Waals surface area contributed by atoms with E-state index in [4.69, 9.17) is 17.0 Å². The molecular weight excluding hydrogens is 428 g/mol. The Morgan fingerprint density at radius 1 is 1.13 bits per heavy atom. The van der Waals surface area contributed by atoms with Gasteiger partial charge in [-0.25, -0.2) is 0 Å². The molecule has 1 aliphatic heterocycles. The van der Waals surface area contributed by atoms with Gasteiger partial charge in [0.25, 0.3) is 5.91 Å². The molecule has 2 amide bonds. The van der Waals surface area contributed by atoms with E-state index < -0.39 is 0 Å². The van der Waals surface area contributed by atoms with Crippen LogP contribution in [-0.4, -0.2) is 34.7 Å². The van der Waals surface area contributed by atoms with Crippen molar-refractivity contribution in [2.45, 2.75) is 32.6 Å². The Kier molecular flexibility index (Phi) is 8.26. The molecule has 3 rings (SSSR count). The van der Waals surface area contributed by atoms with E-state index in [1.54, 1.807) is 12.0 Å². The molecule has 0 saturated carbocycles. The van der Waals surface area contributed by atoms with Gasteiger partial charge in [-0.3, -0.25) is 14.5 Å². The van der Waals surface area contributed by atoms with Gasteiger partial charge in [-0.1, -0.05) is 54.7 Å². The number of methoxy groups -OCH3 is 1. The predicted molar refractivity (Wildman–Crippen MR) is 131 cm³/mol. The van der Waals surface area contributed by atoms with E-state index in [-0.39, 0.29) is 11.8 Å². The standard InChI is InChI=1S/C24H26N2O3S2/c1-17-8-5-6-9-18(17)16-21-23(28)26(24(30)31-21)15-7-3-4-10-22(27)25-19-11-13-20(29-2)14-12-19/h5-6,8-9,11-14,16H,3-4,7,10,15H2,1-2H3,(H,25,27)/b21-16-. The molecule has 2 aromatic rings.